The van der Waals surface area contributed by atoms with Gasteiger partial charge in [0, 0.05) is 25.7 Å². The zero-order valence-electron chi connectivity index (χ0n) is 16.2. The molecule has 0 saturated carbocycles. The van der Waals surface area contributed by atoms with Crippen LogP contribution in [0.2, 0.25) is 0 Å². The Labute approximate surface area is 170 Å². The van der Waals surface area contributed by atoms with Crippen LogP contribution in [-0.4, -0.2) is 53.6 Å². The van der Waals surface area contributed by atoms with Gasteiger partial charge in [-0.3, -0.25) is 14.7 Å². The van der Waals surface area contributed by atoms with Crippen molar-refractivity contribution in [2.24, 2.45) is 0 Å². The van der Waals surface area contributed by atoms with E-state index in [9.17, 15) is 4.79 Å². The average molecular weight is 388 g/mol. The molecule has 2 aromatic carbocycles. The highest BCUT2D eigenvalue weighted by atomic mass is 16.5. The number of carbonyl (C=O) groups excluding carboxylic acids is 1. The second kappa shape index (κ2) is 9.41. The van der Waals surface area contributed by atoms with Crippen molar-refractivity contribution in [1.82, 2.24) is 20.2 Å². The highest BCUT2D eigenvalue weighted by Crippen LogP contribution is 2.21. The van der Waals surface area contributed by atoms with Crippen molar-refractivity contribution in [2.75, 3.05) is 32.8 Å². The first-order chi connectivity index (χ1) is 14.3. The lowest BCUT2D eigenvalue weighted by Crippen LogP contribution is -2.43. The van der Waals surface area contributed by atoms with Crippen LogP contribution in [0.1, 0.15) is 17.3 Å². The molecule has 1 aliphatic rings. The number of morpholine rings is 1. The molecular formula is C23H24N4O2. The molecular weight excluding hydrogens is 364 g/mol. The van der Waals surface area contributed by atoms with Crippen molar-refractivity contribution in [3.05, 3.63) is 78.1 Å². The molecule has 0 radical (unpaired) electrons. The molecule has 29 heavy (non-hydrogen) atoms. The minimum absolute atomic E-state index is 0.123. The van der Waals surface area contributed by atoms with E-state index in [1.807, 2.05) is 42.5 Å². The average Bonchev–Trinajstić information content (AvgIpc) is 2.79. The predicted molar refractivity (Wildman–Crippen MR) is 113 cm³/mol. The fourth-order valence-corrected chi connectivity index (χ4v) is 3.49. The normalized spacial score (nSPS) is 16.1. The number of aromatic nitrogens is 2. The Hall–Kier alpha value is -3.09. The molecule has 1 saturated heterocycles. The lowest BCUT2D eigenvalue weighted by molar-refractivity contribution is -0.116. The van der Waals surface area contributed by atoms with Crippen LogP contribution < -0.4 is 5.32 Å². The number of rotatable bonds is 6. The van der Waals surface area contributed by atoms with Gasteiger partial charge in [-0.1, -0.05) is 42.5 Å². The first-order valence-corrected chi connectivity index (χ1v) is 9.84. The van der Waals surface area contributed by atoms with E-state index in [1.54, 1.807) is 12.3 Å². The number of nitrogens with one attached hydrogen (secondary N) is 1. The van der Waals surface area contributed by atoms with Crippen LogP contribution in [-0.2, 0) is 9.53 Å². The molecule has 1 N–H and O–H groups in total. The SMILES string of the molecule is O=C(/C=C/c1cnc2ccccc2n1)NCC(c1ccccc1)N1CCOCC1. The van der Waals surface area contributed by atoms with Gasteiger partial charge in [0.1, 0.15) is 0 Å². The van der Waals surface area contributed by atoms with Crippen molar-refractivity contribution in [3.63, 3.8) is 0 Å². The van der Waals surface area contributed by atoms with E-state index in [0.717, 1.165) is 37.3 Å². The summed E-state index contributed by atoms with van der Waals surface area (Å²) in [5, 5.41) is 3.03. The fraction of sp³-hybridized carbons (Fsp3) is 0.261. The standard InChI is InChI=1S/C23H24N4O2/c28-23(11-10-19-16-24-20-8-4-5-9-21(20)26-19)25-17-22(18-6-2-1-3-7-18)27-12-14-29-15-13-27/h1-11,16,22H,12-15,17H2,(H,25,28)/b11-10+. The summed E-state index contributed by atoms with van der Waals surface area (Å²) in [6, 6.07) is 18.1. The second-order valence-corrected chi connectivity index (χ2v) is 6.94. The number of hydrogen-bond donors (Lipinski definition) is 1. The van der Waals surface area contributed by atoms with E-state index in [2.05, 4.69) is 32.3 Å². The number of para-hydroxylation sites is 2. The van der Waals surface area contributed by atoms with Gasteiger partial charge in [0.2, 0.25) is 5.91 Å². The van der Waals surface area contributed by atoms with Crippen molar-refractivity contribution < 1.29 is 9.53 Å². The minimum Gasteiger partial charge on any atom is -0.379 e. The van der Waals surface area contributed by atoms with Crippen LogP contribution in [0.25, 0.3) is 17.1 Å². The smallest absolute Gasteiger partial charge is 0.244 e. The van der Waals surface area contributed by atoms with Gasteiger partial charge in [-0.2, -0.15) is 0 Å². The zero-order valence-corrected chi connectivity index (χ0v) is 16.2. The van der Waals surface area contributed by atoms with E-state index in [4.69, 9.17) is 4.74 Å². The summed E-state index contributed by atoms with van der Waals surface area (Å²) >= 11 is 0. The van der Waals surface area contributed by atoms with Crippen molar-refractivity contribution >= 4 is 23.0 Å². The maximum atomic E-state index is 12.4. The van der Waals surface area contributed by atoms with Crippen molar-refractivity contribution in [1.29, 1.82) is 0 Å². The Kier molecular flexibility index (Phi) is 6.24. The maximum absolute atomic E-state index is 12.4. The molecule has 1 aromatic heterocycles. The van der Waals surface area contributed by atoms with Gasteiger partial charge in [0.05, 0.1) is 42.2 Å². The number of fused-ring (bicyclic) bond motifs is 1. The lowest BCUT2D eigenvalue weighted by Gasteiger charge is -2.34. The summed E-state index contributed by atoms with van der Waals surface area (Å²) in [7, 11) is 0. The summed E-state index contributed by atoms with van der Waals surface area (Å²) in [5.74, 6) is -0.144. The number of nitrogens with zero attached hydrogens (tertiary/aromatic N) is 3. The predicted octanol–water partition coefficient (Wildman–Crippen LogP) is 2.83. The zero-order chi connectivity index (χ0) is 19.9. The lowest BCUT2D eigenvalue weighted by atomic mass is 10.0. The summed E-state index contributed by atoms with van der Waals surface area (Å²) in [6.07, 6.45) is 4.88. The molecule has 1 unspecified atom stereocenters. The fourth-order valence-electron chi connectivity index (χ4n) is 3.49. The molecule has 6 heteroatoms. The van der Waals surface area contributed by atoms with Crippen LogP contribution in [0.15, 0.2) is 66.9 Å². The van der Waals surface area contributed by atoms with E-state index >= 15 is 0 Å². The first-order valence-electron chi connectivity index (χ1n) is 9.84. The molecule has 0 bridgehead atoms. The Morgan fingerprint density at radius 1 is 1.07 bits per heavy atom. The first kappa shape index (κ1) is 19.2. The molecule has 1 fully saturated rings. The number of amides is 1. The van der Waals surface area contributed by atoms with Gasteiger partial charge >= 0.3 is 0 Å². The number of ether oxygens (including phenoxy) is 1. The van der Waals surface area contributed by atoms with Crippen molar-refractivity contribution in [3.8, 4) is 0 Å². The van der Waals surface area contributed by atoms with Gasteiger partial charge in [-0.25, -0.2) is 4.98 Å². The summed E-state index contributed by atoms with van der Waals surface area (Å²) in [5.41, 5.74) is 3.50. The number of carbonyl (C=O) groups is 1. The van der Waals surface area contributed by atoms with Crippen LogP contribution in [0.4, 0.5) is 0 Å². The quantitative estimate of drug-likeness (QED) is 0.658. The highest BCUT2D eigenvalue weighted by Gasteiger charge is 2.22. The largest absolute Gasteiger partial charge is 0.379 e. The third-order valence-electron chi connectivity index (χ3n) is 5.01. The summed E-state index contributed by atoms with van der Waals surface area (Å²) in [4.78, 5) is 23.7. The van der Waals surface area contributed by atoms with Gasteiger partial charge < -0.3 is 10.1 Å². The van der Waals surface area contributed by atoms with Crippen LogP contribution in [0.3, 0.4) is 0 Å². The van der Waals surface area contributed by atoms with E-state index in [1.165, 1.54) is 11.6 Å². The molecule has 0 aliphatic carbocycles. The molecule has 1 amide bonds. The van der Waals surface area contributed by atoms with Gasteiger partial charge in [0.15, 0.2) is 0 Å². The maximum Gasteiger partial charge on any atom is 0.244 e. The Morgan fingerprint density at radius 3 is 2.59 bits per heavy atom. The Morgan fingerprint density at radius 2 is 1.79 bits per heavy atom. The van der Waals surface area contributed by atoms with Gasteiger partial charge in [-0.15, -0.1) is 0 Å². The monoisotopic (exact) mass is 388 g/mol. The van der Waals surface area contributed by atoms with E-state index < -0.39 is 0 Å². The number of benzene rings is 2. The third kappa shape index (κ3) is 5.04. The molecule has 3 aromatic rings. The molecule has 1 atom stereocenters. The Bertz CT molecular complexity index is 984. The summed E-state index contributed by atoms with van der Waals surface area (Å²) < 4.78 is 5.48. The van der Waals surface area contributed by atoms with Gasteiger partial charge in [-0.05, 0) is 23.8 Å². The molecule has 0 spiro atoms. The van der Waals surface area contributed by atoms with Crippen molar-refractivity contribution in [2.45, 2.75) is 6.04 Å². The van der Waals surface area contributed by atoms with Crippen LogP contribution in [0.5, 0.6) is 0 Å². The topological polar surface area (TPSA) is 67.4 Å². The molecule has 1 aliphatic heterocycles. The number of hydrogen-bond acceptors (Lipinski definition) is 5. The summed E-state index contributed by atoms with van der Waals surface area (Å²) in [6.45, 7) is 3.70. The molecule has 4 rings (SSSR count). The second-order valence-electron chi connectivity index (χ2n) is 6.94. The minimum atomic E-state index is -0.144. The Balaban J connectivity index is 1.41. The third-order valence-corrected chi connectivity index (χ3v) is 5.01. The van der Waals surface area contributed by atoms with E-state index in [0.29, 0.717) is 12.2 Å². The molecule has 2 heterocycles. The highest BCUT2D eigenvalue weighted by molar-refractivity contribution is 5.91. The van der Waals surface area contributed by atoms with Gasteiger partial charge in [0.25, 0.3) is 0 Å². The molecule has 6 nitrogen and oxygen atoms in total. The molecule has 148 valence electrons. The van der Waals surface area contributed by atoms with E-state index in [-0.39, 0.29) is 11.9 Å². The van der Waals surface area contributed by atoms with Crippen LogP contribution >= 0.6 is 0 Å². The van der Waals surface area contributed by atoms with Crippen LogP contribution in [0, 0.1) is 0 Å².